The van der Waals surface area contributed by atoms with Crippen molar-refractivity contribution in [2.45, 2.75) is 38.4 Å². The summed E-state index contributed by atoms with van der Waals surface area (Å²) in [7, 11) is 0. The number of benzene rings is 1. The molecular formula is C12H19NO2. The zero-order chi connectivity index (χ0) is 11.7. The summed E-state index contributed by atoms with van der Waals surface area (Å²) in [5.74, 6) is 0. The molecule has 1 aromatic carbocycles. The van der Waals surface area contributed by atoms with Crippen LogP contribution in [0.25, 0.3) is 0 Å². The van der Waals surface area contributed by atoms with E-state index >= 15 is 0 Å². The number of aliphatic hydroxyl groups is 2. The zero-order valence-electron chi connectivity index (χ0n) is 9.49. The smallest absolute Gasteiger partial charge is 0.0940 e. The van der Waals surface area contributed by atoms with Gasteiger partial charge in [-0.3, -0.25) is 0 Å². The summed E-state index contributed by atoms with van der Waals surface area (Å²) in [4.78, 5) is 0. The molecule has 1 rings (SSSR count). The van der Waals surface area contributed by atoms with E-state index in [-0.39, 0.29) is 0 Å². The second-order valence-corrected chi connectivity index (χ2v) is 4.75. The second kappa shape index (κ2) is 3.83. The summed E-state index contributed by atoms with van der Waals surface area (Å²) in [5, 5.41) is 19.9. The Kier molecular flexibility index (Phi) is 3.07. The van der Waals surface area contributed by atoms with Crippen molar-refractivity contribution in [3.05, 3.63) is 29.8 Å². The monoisotopic (exact) mass is 209 g/mol. The third-order valence-corrected chi connectivity index (χ3v) is 2.85. The Hall–Kier alpha value is -1.06. The van der Waals surface area contributed by atoms with Crippen molar-refractivity contribution in [3.63, 3.8) is 0 Å². The van der Waals surface area contributed by atoms with Gasteiger partial charge in [-0.05, 0) is 38.5 Å². The lowest BCUT2D eigenvalue weighted by atomic mass is 9.82. The molecule has 0 aliphatic heterocycles. The highest BCUT2D eigenvalue weighted by Crippen LogP contribution is 2.25. The van der Waals surface area contributed by atoms with Crippen LogP contribution in [0.3, 0.4) is 0 Å². The molecule has 0 aliphatic rings. The van der Waals surface area contributed by atoms with Crippen LogP contribution in [0.15, 0.2) is 24.3 Å². The van der Waals surface area contributed by atoms with Gasteiger partial charge in [0.2, 0.25) is 0 Å². The molecule has 3 nitrogen and oxygen atoms in total. The molecule has 15 heavy (non-hydrogen) atoms. The Morgan fingerprint density at radius 1 is 1.07 bits per heavy atom. The molecular weight excluding hydrogens is 190 g/mol. The highest BCUT2D eigenvalue weighted by Gasteiger charge is 2.37. The Labute approximate surface area is 90.5 Å². The fraction of sp³-hybridized carbons (Fsp3) is 0.500. The van der Waals surface area contributed by atoms with E-state index < -0.39 is 11.2 Å². The van der Waals surface area contributed by atoms with E-state index in [1.165, 1.54) is 0 Å². The summed E-state index contributed by atoms with van der Waals surface area (Å²) in [6, 6.07) is 7.29. The van der Waals surface area contributed by atoms with Gasteiger partial charge in [0.05, 0.1) is 11.2 Å². The van der Waals surface area contributed by atoms with Gasteiger partial charge in [0, 0.05) is 12.1 Å². The zero-order valence-corrected chi connectivity index (χ0v) is 9.49. The van der Waals surface area contributed by atoms with Crippen LogP contribution >= 0.6 is 0 Å². The van der Waals surface area contributed by atoms with Gasteiger partial charge in [0.25, 0.3) is 0 Å². The highest BCUT2D eigenvalue weighted by atomic mass is 16.3. The highest BCUT2D eigenvalue weighted by molar-refractivity contribution is 5.39. The van der Waals surface area contributed by atoms with E-state index in [0.29, 0.717) is 12.1 Å². The van der Waals surface area contributed by atoms with Crippen molar-refractivity contribution >= 4 is 5.69 Å². The Balaban J connectivity index is 2.82. The molecule has 3 heteroatoms. The number of hydrogen-bond acceptors (Lipinski definition) is 3. The molecule has 0 radical (unpaired) electrons. The van der Waals surface area contributed by atoms with Gasteiger partial charge in [-0.1, -0.05) is 12.1 Å². The molecule has 0 aromatic heterocycles. The quantitative estimate of drug-likeness (QED) is 0.658. The van der Waals surface area contributed by atoms with Gasteiger partial charge >= 0.3 is 0 Å². The SMILES string of the molecule is CC(C)(O)C(C)(O)Cc1ccc(N)cc1. The molecule has 1 unspecified atom stereocenters. The van der Waals surface area contributed by atoms with Crippen LogP contribution < -0.4 is 5.73 Å². The Morgan fingerprint density at radius 2 is 1.53 bits per heavy atom. The van der Waals surface area contributed by atoms with Crippen LogP contribution in [0.2, 0.25) is 0 Å². The molecule has 84 valence electrons. The molecule has 0 aliphatic carbocycles. The maximum Gasteiger partial charge on any atom is 0.0940 e. The maximum absolute atomic E-state index is 10.1. The standard InChI is InChI=1S/C12H19NO2/c1-11(2,14)12(3,15)8-9-4-6-10(13)7-5-9/h4-7,14-15H,8,13H2,1-3H3. The lowest BCUT2D eigenvalue weighted by molar-refractivity contribution is -0.118. The van der Waals surface area contributed by atoms with Gasteiger partial charge in [-0.15, -0.1) is 0 Å². The molecule has 1 atom stereocenters. The van der Waals surface area contributed by atoms with Crippen LogP contribution in [0, 0.1) is 0 Å². The molecule has 0 saturated carbocycles. The van der Waals surface area contributed by atoms with E-state index in [4.69, 9.17) is 5.73 Å². The third-order valence-electron chi connectivity index (χ3n) is 2.85. The minimum Gasteiger partial charge on any atom is -0.399 e. The average molecular weight is 209 g/mol. The van der Waals surface area contributed by atoms with E-state index in [2.05, 4.69) is 0 Å². The summed E-state index contributed by atoms with van der Waals surface area (Å²) >= 11 is 0. The van der Waals surface area contributed by atoms with E-state index in [1.54, 1.807) is 32.9 Å². The first kappa shape index (κ1) is 12.0. The van der Waals surface area contributed by atoms with Crippen molar-refractivity contribution in [3.8, 4) is 0 Å². The van der Waals surface area contributed by atoms with Crippen LogP contribution in [0.1, 0.15) is 26.3 Å². The Bertz CT molecular complexity index is 322. The van der Waals surface area contributed by atoms with E-state index in [0.717, 1.165) is 5.56 Å². The van der Waals surface area contributed by atoms with Gasteiger partial charge in [-0.25, -0.2) is 0 Å². The average Bonchev–Trinajstić information content (AvgIpc) is 2.06. The van der Waals surface area contributed by atoms with Crippen molar-refractivity contribution < 1.29 is 10.2 Å². The molecule has 0 bridgehead atoms. The molecule has 0 saturated heterocycles. The van der Waals surface area contributed by atoms with E-state index in [1.807, 2.05) is 12.1 Å². The van der Waals surface area contributed by atoms with Crippen molar-refractivity contribution in [1.29, 1.82) is 0 Å². The second-order valence-electron chi connectivity index (χ2n) is 4.75. The van der Waals surface area contributed by atoms with Crippen molar-refractivity contribution in [1.82, 2.24) is 0 Å². The molecule has 1 aromatic rings. The first-order chi connectivity index (χ1) is 6.72. The predicted molar refractivity (Wildman–Crippen MR) is 61.5 cm³/mol. The summed E-state index contributed by atoms with van der Waals surface area (Å²) in [6.07, 6.45) is 0.400. The van der Waals surface area contributed by atoms with E-state index in [9.17, 15) is 10.2 Å². The lowest BCUT2D eigenvalue weighted by Gasteiger charge is -2.35. The third kappa shape index (κ3) is 2.94. The van der Waals surface area contributed by atoms with Gasteiger partial charge in [-0.2, -0.15) is 0 Å². The van der Waals surface area contributed by atoms with Gasteiger partial charge < -0.3 is 15.9 Å². The molecule has 0 fully saturated rings. The lowest BCUT2D eigenvalue weighted by Crippen LogP contribution is -2.49. The Morgan fingerprint density at radius 3 is 1.93 bits per heavy atom. The van der Waals surface area contributed by atoms with Crippen LogP contribution in [-0.4, -0.2) is 21.4 Å². The summed E-state index contributed by atoms with van der Waals surface area (Å²) in [6.45, 7) is 4.83. The number of nitrogen functional groups attached to an aromatic ring is 1. The van der Waals surface area contributed by atoms with Crippen molar-refractivity contribution in [2.75, 3.05) is 5.73 Å². The topological polar surface area (TPSA) is 66.5 Å². The number of nitrogens with two attached hydrogens (primary N) is 1. The molecule has 4 N–H and O–H groups in total. The fourth-order valence-corrected chi connectivity index (χ4v) is 1.25. The van der Waals surface area contributed by atoms with Crippen molar-refractivity contribution in [2.24, 2.45) is 0 Å². The van der Waals surface area contributed by atoms with Crippen LogP contribution in [0.5, 0.6) is 0 Å². The summed E-state index contributed by atoms with van der Waals surface area (Å²) in [5.41, 5.74) is 4.93. The molecule has 0 amide bonds. The number of anilines is 1. The first-order valence-electron chi connectivity index (χ1n) is 5.01. The van der Waals surface area contributed by atoms with Crippen LogP contribution in [0.4, 0.5) is 5.69 Å². The van der Waals surface area contributed by atoms with Gasteiger partial charge in [0.15, 0.2) is 0 Å². The van der Waals surface area contributed by atoms with Crippen LogP contribution in [-0.2, 0) is 6.42 Å². The predicted octanol–water partition coefficient (Wildman–Crippen LogP) is 1.33. The summed E-state index contributed by atoms with van der Waals surface area (Å²) < 4.78 is 0. The molecule has 0 spiro atoms. The minimum absolute atomic E-state index is 0.400. The van der Waals surface area contributed by atoms with Gasteiger partial charge in [0.1, 0.15) is 0 Å². The largest absolute Gasteiger partial charge is 0.399 e. The number of hydrogen-bond donors (Lipinski definition) is 3. The fourth-order valence-electron chi connectivity index (χ4n) is 1.25. The normalized spacial score (nSPS) is 16.1. The first-order valence-corrected chi connectivity index (χ1v) is 5.01. The maximum atomic E-state index is 10.1. The molecule has 0 heterocycles. The minimum atomic E-state index is -1.15. The number of rotatable bonds is 3.